The van der Waals surface area contributed by atoms with Crippen molar-refractivity contribution in [3.05, 3.63) is 12.7 Å². The highest BCUT2D eigenvalue weighted by Crippen LogP contribution is 2.10. The molecule has 0 fully saturated rings. The molecule has 1 unspecified atom stereocenters. The van der Waals surface area contributed by atoms with Crippen LogP contribution in [0.2, 0.25) is 0 Å². The van der Waals surface area contributed by atoms with Crippen molar-refractivity contribution < 1.29 is 4.79 Å². The van der Waals surface area contributed by atoms with Gasteiger partial charge in [-0.3, -0.25) is 4.79 Å². The van der Waals surface area contributed by atoms with E-state index in [1.165, 1.54) is 0 Å². The molecule has 0 aliphatic heterocycles. The first-order valence-corrected chi connectivity index (χ1v) is 3.92. The van der Waals surface area contributed by atoms with Gasteiger partial charge in [0.1, 0.15) is 0 Å². The van der Waals surface area contributed by atoms with Gasteiger partial charge in [0, 0.05) is 0 Å². The third-order valence-electron chi connectivity index (χ3n) is 0.871. The molecule has 0 radical (unpaired) electrons. The van der Waals surface area contributed by atoms with Crippen LogP contribution in [0.3, 0.4) is 0 Å². The molecule has 0 spiro atoms. The predicted molar refractivity (Wildman–Crippen MR) is 43.0 cm³/mol. The summed E-state index contributed by atoms with van der Waals surface area (Å²) in [4.78, 5) is 10.1. The van der Waals surface area contributed by atoms with E-state index < -0.39 is 0 Å². The third kappa shape index (κ3) is 4.67. The molecule has 0 saturated heterocycles. The maximum atomic E-state index is 10.3. The first-order chi connectivity index (χ1) is 4.18. The predicted octanol–water partition coefficient (Wildman–Crippen LogP) is 2.48. The van der Waals surface area contributed by atoms with Crippen molar-refractivity contribution in [2.45, 2.75) is 17.7 Å². The van der Waals surface area contributed by atoms with Gasteiger partial charge in [-0.15, -0.1) is 6.58 Å². The zero-order chi connectivity index (χ0) is 7.28. The zero-order valence-corrected chi connectivity index (χ0v) is 7.28. The molecule has 1 nitrogen and oxygen atoms in total. The Morgan fingerprint density at radius 2 is 2.44 bits per heavy atom. The van der Waals surface area contributed by atoms with E-state index in [-0.39, 0.29) is 10.1 Å². The van der Waals surface area contributed by atoms with Crippen molar-refractivity contribution in [1.82, 2.24) is 0 Å². The summed E-state index contributed by atoms with van der Waals surface area (Å²) in [7, 11) is 0. The summed E-state index contributed by atoms with van der Waals surface area (Å²) >= 11 is 8.26. The molecule has 0 rings (SSSR count). The molecule has 9 heavy (non-hydrogen) atoms. The summed E-state index contributed by atoms with van der Waals surface area (Å²) in [6.45, 7) is 3.52. The minimum absolute atomic E-state index is 0.211. The molecule has 3 heteroatoms. The van der Waals surface area contributed by atoms with Gasteiger partial charge >= 0.3 is 0 Å². The van der Waals surface area contributed by atoms with E-state index in [1.807, 2.05) is 0 Å². The highest BCUT2D eigenvalue weighted by atomic mass is 79.9. The summed E-state index contributed by atoms with van der Waals surface area (Å²) in [6.07, 6.45) is 3.30. The van der Waals surface area contributed by atoms with E-state index in [4.69, 9.17) is 11.6 Å². The lowest BCUT2D eigenvalue weighted by atomic mass is 10.2. The average Bonchev–Trinajstić information content (AvgIpc) is 1.82. The van der Waals surface area contributed by atoms with E-state index in [1.54, 1.807) is 6.08 Å². The van der Waals surface area contributed by atoms with Gasteiger partial charge in [-0.05, 0) is 24.4 Å². The Kier molecular flexibility index (Phi) is 5.10. The fourth-order valence-electron chi connectivity index (χ4n) is 0.378. The van der Waals surface area contributed by atoms with Gasteiger partial charge in [-0.2, -0.15) is 0 Å². The van der Waals surface area contributed by atoms with Crippen LogP contribution in [-0.2, 0) is 4.79 Å². The van der Waals surface area contributed by atoms with Crippen LogP contribution in [0.4, 0.5) is 0 Å². The minimum atomic E-state index is -0.336. The summed E-state index contributed by atoms with van der Waals surface area (Å²) in [5, 5.41) is -0.336. The summed E-state index contributed by atoms with van der Waals surface area (Å²) in [6, 6.07) is 0. The van der Waals surface area contributed by atoms with Gasteiger partial charge in [-0.25, -0.2) is 0 Å². The molecule has 0 amide bonds. The first-order valence-electron chi connectivity index (χ1n) is 2.62. The Bertz CT molecular complexity index is 114. The lowest BCUT2D eigenvalue weighted by Crippen LogP contribution is -2.05. The SMILES string of the molecule is C=CCCC(Br)C(=O)Cl. The first kappa shape index (κ1) is 9.18. The van der Waals surface area contributed by atoms with E-state index in [2.05, 4.69) is 22.5 Å². The maximum absolute atomic E-state index is 10.3. The molecule has 0 N–H and O–H groups in total. The number of allylic oxidation sites excluding steroid dienone is 1. The summed E-state index contributed by atoms with van der Waals surface area (Å²) < 4.78 is 0. The number of carbonyl (C=O) groups excluding carboxylic acids is 1. The van der Waals surface area contributed by atoms with Gasteiger partial charge in [0.15, 0.2) is 0 Å². The second-order valence-electron chi connectivity index (χ2n) is 1.64. The molecule has 0 aromatic rings. The molecule has 0 aliphatic rings. The second kappa shape index (κ2) is 5.00. The van der Waals surface area contributed by atoms with Gasteiger partial charge < -0.3 is 0 Å². The van der Waals surface area contributed by atoms with Crippen molar-refractivity contribution in [2.75, 3.05) is 0 Å². The van der Waals surface area contributed by atoms with Gasteiger partial charge in [0.05, 0.1) is 4.83 Å². The van der Waals surface area contributed by atoms with E-state index >= 15 is 0 Å². The maximum Gasteiger partial charge on any atom is 0.235 e. The van der Waals surface area contributed by atoms with Crippen LogP contribution >= 0.6 is 27.5 Å². The number of carbonyl (C=O) groups is 1. The van der Waals surface area contributed by atoms with E-state index in [0.29, 0.717) is 0 Å². The number of halogens is 2. The van der Waals surface area contributed by atoms with Gasteiger partial charge in [-0.1, -0.05) is 22.0 Å². The fourth-order valence-corrected chi connectivity index (χ4v) is 0.751. The van der Waals surface area contributed by atoms with Crippen molar-refractivity contribution in [1.29, 1.82) is 0 Å². The largest absolute Gasteiger partial charge is 0.280 e. The Balaban J connectivity index is 3.37. The van der Waals surface area contributed by atoms with Crippen LogP contribution in [0.15, 0.2) is 12.7 Å². The van der Waals surface area contributed by atoms with Crippen molar-refractivity contribution in [3.8, 4) is 0 Å². The average molecular weight is 211 g/mol. The van der Waals surface area contributed by atoms with Crippen molar-refractivity contribution in [2.24, 2.45) is 0 Å². The Morgan fingerprint density at radius 3 is 2.78 bits per heavy atom. The molecule has 1 atom stereocenters. The highest BCUT2D eigenvalue weighted by Gasteiger charge is 2.09. The number of rotatable bonds is 4. The summed E-state index contributed by atoms with van der Waals surface area (Å²) in [5.74, 6) is 0. The molecular formula is C6H8BrClO. The Labute approximate surface area is 68.2 Å². The monoisotopic (exact) mass is 210 g/mol. The summed E-state index contributed by atoms with van der Waals surface area (Å²) in [5.41, 5.74) is 0. The van der Waals surface area contributed by atoms with Crippen LogP contribution in [-0.4, -0.2) is 10.1 Å². The van der Waals surface area contributed by atoms with Crippen LogP contribution in [0.1, 0.15) is 12.8 Å². The van der Waals surface area contributed by atoms with Gasteiger partial charge in [0.2, 0.25) is 5.24 Å². The number of hydrogen-bond acceptors (Lipinski definition) is 1. The standard InChI is InChI=1S/C6H8BrClO/c1-2-3-4-5(7)6(8)9/h2,5H,1,3-4H2. The third-order valence-corrected chi connectivity index (χ3v) is 2.27. The zero-order valence-electron chi connectivity index (χ0n) is 4.94. The van der Waals surface area contributed by atoms with Crippen LogP contribution < -0.4 is 0 Å². The fraction of sp³-hybridized carbons (Fsp3) is 0.500. The number of hydrogen-bond donors (Lipinski definition) is 0. The lowest BCUT2D eigenvalue weighted by Gasteiger charge is -1.98. The Hall–Kier alpha value is 0.180. The normalized spacial score (nSPS) is 12.7. The molecule has 0 aromatic carbocycles. The van der Waals surface area contributed by atoms with Gasteiger partial charge in [0.25, 0.3) is 0 Å². The quantitative estimate of drug-likeness (QED) is 0.397. The topological polar surface area (TPSA) is 17.1 Å². The highest BCUT2D eigenvalue weighted by molar-refractivity contribution is 9.10. The minimum Gasteiger partial charge on any atom is -0.280 e. The van der Waals surface area contributed by atoms with Crippen LogP contribution in [0.25, 0.3) is 0 Å². The molecule has 0 saturated carbocycles. The number of alkyl halides is 1. The smallest absolute Gasteiger partial charge is 0.235 e. The van der Waals surface area contributed by atoms with Crippen LogP contribution in [0, 0.1) is 0 Å². The molecule has 0 heterocycles. The molecular weight excluding hydrogens is 203 g/mol. The van der Waals surface area contributed by atoms with Crippen LogP contribution in [0.5, 0.6) is 0 Å². The second-order valence-corrected chi connectivity index (χ2v) is 3.12. The molecule has 0 aliphatic carbocycles. The molecule has 0 aromatic heterocycles. The van der Waals surface area contributed by atoms with E-state index in [0.717, 1.165) is 12.8 Å². The Morgan fingerprint density at radius 1 is 1.89 bits per heavy atom. The molecule has 0 bridgehead atoms. The molecule has 52 valence electrons. The van der Waals surface area contributed by atoms with E-state index in [9.17, 15) is 4.79 Å². The lowest BCUT2D eigenvalue weighted by molar-refractivity contribution is -0.111. The van der Waals surface area contributed by atoms with Crippen molar-refractivity contribution in [3.63, 3.8) is 0 Å². The van der Waals surface area contributed by atoms with Crippen molar-refractivity contribution >= 4 is 32.8 Å².